The van der Waals surface area contributed by atoms with Gasteiger partial charge in [0.25, 0.3) is 10.2 Å². The summed E-state index contributed by atoms with van der Waals surface area (Å²) in [4.78, 5) is 0. The van der Waals surface area contributed by atoms with Crippen LogP contribution in [0.5, 0.6) is 0 Å². The number of methoxy groups -OCH3 is 1. The fourth-order valence-electron chi connectivity index (χ4n) is 1.68. The lowest BCUT2D eigenvalue weighted by Crippen LogP contribution is -2.43. The first-order valence-electron chi connectivity index (χ1n) is 5.76. The van der Waals surface area contributed by atoms with Crippen molar-refractivity contribution in [3.8, 4) is 0 Å². The molecule has 108 valence electrons. The van der Waals surface area contributed by atoms with Crippen molar-refractivity contribution in [3.05, 3.63) is 34.9 Å². The third-order valence-corrected chi connectivity index (χ3v) is 4.61. The van der Waals surface area contributed by atoms with Gasteiger partial charge in [0.15, 0.2) is 0 Å². The molecule has 0 aromatic heterocycles. The number of halogens is 1. The minimum atomic E-state index is -3.49. The highest BCUT2D eigenvalue weighted by molar-refractivity contribution is 7.87. The number of ether oxygens (including phenoxy) is 1. The van der Waals surface area contributed by atoms with Crippen LogP contribution < -0.4 is 4.72 Å². The average molecular weight is 307 g/mol. The molecule has 0 heterocycles. The Morgan fingerprint density at radius 1 is 1.26 bits per heavy atom. The van der Waals surface area contributed by atoms with Gasteiger partial charge in [-0.05, 0) is 24.6 Å². The number of benzene rings is 1. The maximum Gasteiger partial charge on any atom is 0.279 e. The van der Waals surface area contributed by atoms with Gasteiger partial charge in [0.1, 0.15) is 0 Å². The Labute approximate surface area is 119 Å². The van der Waals surface area contributed by atoms with Gasteiger partial charge in [0.2, 0.25) is 0 Å². The Kier molecular flexibility index (Phi) is 5.76. The smallest absolute Gasteiger partial charge is 0.279 e. The van der Waals surface area contributed by atoms with Gasteiger partial charge in [0.05, 0.1) is 12.1 Å². The highest BCUT2D eigenvalue weighted by Crippen LogP contribution is 2.22. The monoisotopic (exact) mass is 306 g/mol. The molecule has 0 radical (unpaired) electrons. The van der Waals surface area contributed by atoms with E-state index in [9.17, 15) is 8.42 Å². The summed E-state index contributed by atoms with van der Waals surface area (Å²) in [5.41, 5.74) is 0.862. The van der Waals surface area contributed by atoms with E-state index >= 15 is 0 Å². The highest BCUT2D eigenvalue weighted by atomic mass is 35.5. The molecule has 0 aliphatic carbocycles. The Hall–Kier alpha value is -0.660. The Bertz CT molecular complexity index is 502. The Morgan fingerprint density at radius 3 is 2.21 bits per heavy atom. The molecule has 0 aliphatic heterocycles. The van der Waals surface area contributed by atoms with Gasteiger partial charge < -0.3 is 4.74 Å². The first-order chi connectivity index (χ1) is 8.77. The van der Waals surface area contributed by atoms with Gasteiger partial charge in [-0.2, -0.15) is 17.4 Å². The lowest BCUT2D eigenvalue weighted by atomic mass is 10.0. The molecule has 1 aromatic carbocycles. The largest absolute Gasteiger partial charge is 0.375 e. The molecule has 2 atom stereocenters. The van der Waals surface area contributed by atoms with Gasteiger partial charge >= 0.3 is 0 Å². The fourth-order valence-corrected chi connectivity index (χ4v) is 2.61. The zero-order valence-corrected chi connectivity index (χ0v) is 13.0. The summed E-state index contributed by atoms with van der Waals surface area (Å²) in [7, 11) is 0.993. The number of nitrogens with zero attached hydrogens (tertiary/aromatic N) is 1. The van der Waals surface area contributed by atoms with Crippen LogP contribution in [0.2, 0.25) is 5.02 Å². The van der Waals surface area contributed by atoms with Crippen LogP contribution in [-0.2, 0) is 14.9 Å². The van der Waals surface area contributed by atoms with Gasteiger partial charge in [-0.15, -0.1) is 0 Å². The predicted octanol–water partition coefficient (Wildman–Crippen LogP) is 1.81. The summed E-state index contributed by atoms with van der Waals surface area (Å²) in [5.74, 6) is 0. The zero-order valence-electron chi connectivity index (χ0n) is 11.4. The summed E-state index contributed by atoms with van der Waals surface area (Å²) in [6.07, 6.45) is -0.382. The second-order valence-electron chi connectivity index (χ2n) is 4.40. The molecule has 1 N–H and O–H groups in total. The number of hydrogen-bond acceptors (Lipinski definition) is 3. The van der Waals surface area contributed by atoms with Crippen molar-refractivity contribution in [3.63, 3.8) is 0 Å². The fraction of sp³-hybridized carbons (Fsp3) is 0.500. The highest BCUT2D eigenvalue weighted by Gasteiger charge is 2.24. The van der Waals surface area contributed by atoms with Crippen LogP contribution in [0.3, 0.4) is 0 Å². The molecule has 0 fully saturated rings. The third kappa shape index (κ3) is 4.43. The third-order valence-electron chi connectivity index (χ3n) is 2.72. The first-order valence-corrected chi connectivity index (χ1v) is 7.57. The molecular formula is C12H19ClN2O3S. The van der Waals surface area contributed by atoms with E-state index in [-0.39, 0.29) is 6.10 Å². The van der Waals surface area contributed by atoms with E-state index < -0.39 is 16.3 Å². The molecule has 0 spiro atoms. The average Bonchev–Trinajstić information content (AvgIpc) is 2.31. The van der Waals surface area contributed by atoms with Crippen LogP contribution in [0, 0.1) is 0 Å². The van der Waals surface area contributed by atoms with Crippen molar-refractivity contribution in [2.75, 3.05) is 21.2 Å². The van der Waals surface area contributed by atoms with E-state index in [1.807, 2.05) is 12.1 Å². The van der Waals surface area contributed by atoms with Crippen LogP contribution in [0.4, 0.5) is 0 Å². The summed E-state index contributed by atoms with van der Waals surface area (Å²) in [6.45, 7) is 1.75. The van der Waals surface area contributed by atoms with E-state index in [0.29, 0.717) is 5.02 Å². The summed E-state index contributed by atoms with van der Waals surface area (Å²) >= 11 is 5.83. The van der Waals surface area contributed by atoms with Gasteiger partial charge in [-0.1, -0.05) is 23.7 Å². The molecular weight excluding hydrogens is 288 g/mol. The predicted molar refractivity (Wildman–Crippen MR) is 76.4 cm³/mol. The molecule has 0 aliphatic rings. The SMILES string of the molecule is COC(c1ccc(Cl)cc1)C(C)NS(=O)(=O)N(C)C. The van der Waals surface area contributed by atoms with E-state index in [0.717, 1.165) is 9.87 Å². The van der Waals surface area contributed by atoms with Crippen LogP contribution in [-0.4, -0.2) is 40.0 Å². The van der Waals surface area contributed by atoms with E-state index in [4.69, 9.17) is 16.3 Å². The lowest BCUT2D eigenvalue weighted by molar-refractivity contribution is 0.0801. The van der Waals surface area contributed by atoms with Crippen molar-refractivity contribution < 1.29 is 13.2 Å². The maximum absolute atomic E-state index is 11.8. The molecule has 0 bridgehead atoms. The van der Waals surface area contributed by atoms with Crippen molar-refractivity contribution in [2.45, 2.75) is 19.1 Å². The molecule has 2 unspecified atom stereocenters. The van der Waals surface area contributed by atoms with Gasteiger partial charge in [-0.3, -0.25) is 0 Å². The van der Waals surface area contributed by atoms with E-state index in [1.54, 1.807) is 26.2 Å². The Balaban J connectivity index is 2.89. The molecule has 1 aromatic rings. The van der Waals surface area contributed by atoms with Crippen LogP contribution in [0.25, 0.3) is 0 Å². The second-order valence-corrected chi connectivity index (χ2v) is 6.75. The number of hydrogen-bond donors (Lipinski definition) is 1. The summed E-state index contributed by atoms with van der Waals surface area (Å²) in [5, 5.41) is 0.625. The Morgan fingerprint density at radius 2 is 1.79 bits per heavy atom. The summed E-state index contributed by atoms with van der Waals surface area (Å²) < 4.78 is 32.6. The molecule has 1 rings (SSSR count). The van der Waals surface area contributed by atoms with Crippen LogP contribution in [0.15, 0.2) is 24.3 Å². The van der Waals surface area contributed by atoms with Crippen LogP contribution >= 0.6 is 11.6 Å². The normalized spacial score (nSPS) is 15.5. The maximum atomic E-state index is 11.8. The summed E-state index contributed by atoms with van der Waals surface area (Å²) in [6, 6.07) is 6.72. The first kappa shape index (κ1) is 16.4. The number of nitrogens with one attached hydrogen (secondary N) is 1. The molecule has 7 heteroatoms. The van der Waals surface area contributed by atoms with Gasteiger partial charge in [-0.25, -0.2) is 0 Å². The van der Waals surface area contributed by atoms with E-state index in [2.05, 4.69) is 4.72 Å². The molecule has 0 amide bonds. The van der Waals surface area contributed by atoms with Crippen molar-refractivity contribution >= 4 is 21.8 Å². The lowest BCUT2D eigenvalue weighted by Gasteiger charge is -2.25. The minimum Gasteiger partial charge on any atom is -0.375 e. The molecule has 0 saturated heterocycles. The zero-order chi connectivity index (χ0) is 14.6. The van der Waals surface area contributed by atoms with Crippen molar-refractivity contribution in [1.29, 1.82) is 0 Å². The standard InChI is InChI=1S/C12H19ClN2O3S/c1-9(14-19(16,17)15(2)3)12(18-4)10-5-7-11(13)8-6-10/h5-9,12,14H,1-4H3. The molecule has 5 nitrogen and oxygen atoms in total. The quantitative estimate of drug-likeness (QED) is 0.872. The second kappa shape index (κ2) is 6.67. The van der Waals surface area contributed by atoms with Crippen molar-refractivity contribution in [2.24, 2.45) is 0 Å². The van der Waals surface area contributed by atoms with Crippen molar-refractivity contribution in [1.82, 2.24) is 9.03 Å². The minimum absolute atomic E-state index is 0.382. The number of rotatable bonds is 6. The van der Waals surface area contributed by atoms with E-state index in [1.165, 1.54) is 14.1 Å². The van der Waals surface area contributed by atoms with Crippen LogP contribution in [0.1, 0.15) is 18.6 Å². The topological polar surface area (TPSA) is 58.6 Å². The molecule has 19 heavy (non-hydrogen) atoms. The van der Waals surface area contributed by atoms with Gasteiger partial charge in [0, 0.05) is 26.2 Å². The molecule has 0 saturated carbocycles.